The number of ether oxygens (including phenoxy) is 1. The Morgan fingerprint density at radius 2 is 2.17 bits per heavy atom. The predicted octanol–water partition coefficient (Wildman–Crippen LogP) is 2.63. The van der Waals surface area contributed by atoms with Crippen LogP contribution in [0.15, 0.2) is 29.6 Å². The maximum Gasteiger partial charge on any atom is 0.273 e. The third-order valence-corrected chi connectivity index (χ3v) is 5.29. The molecule has 122 valence electrons. The van der Waals surface area contributed by atoms with Crippen LogP contribution in [-0.2, 0) is 0 Å². The molecule has 2 aromatic rings. The Balaban J connectivity index is 1.75. The molecule has 1 unspecified atom stereocenters. The van der Waals surface area contributed by atoms with Crippen LogP contribution in [-0.4, -0.2) is 42.5 Å². The van der Waals surface area contributed by atoms with Crippen LogP contribution in [0.5, 0.6) is 5.75 Å². The van der Waals surface area contributed by atoms with Crippen molar-refractivity contribution in [3.05, 3.63) is 35.3 Å². The summed E-state index contributed by atoms with van der Waals surface area (Å²) in [4.78, 5) is 19.0. The van der Waals surface area contributed by atoms with Gasteiger partial charge in [-0.1, -0.05) is 6.92 Å². The highest BCUT2D eigenvalue weighted by Gasteiger charge is 2.35. The van der Waals surface area contributed by atoms with Crippen molar-refractivity contribution >= 4 is 17.2 Å². The summed E-state index contributed by atoms with van der Waals surface area (Å²) in [7, 11) is 1.64. The number of nitrogens with zero attached hydrogens (tertiary/aromatic N) is 2. The molecular formula is C17H21N3O2S. The second-order valence-electron chi connectivity index (χ2n) is 6.26. The van der Waals surface area contributed by atoms with Gasteiger partial charge in [-0.2, -0.15) is 0 Å². The second kappa shape index (κ2) is 6.29. The van der Waals surface area contributed by atoms with E-state index in [2.05, 4.69) is 11.9 Å². The zero-order valence-corrected chi connectivity index (χ0v) is 14.2. The monoisotopic (exact) mass is 331 g/mol. The van der Waals surface area contributed by atoms with Crippen molar-refractivity contribution in [1.82, 2.24) is 9.88 Å². The van der Waals surface area contributed by atoms with Gasteiger partial charge in [0.1, 0.15) is 16.5 Å². The van der Waals surface area contributed by atoms with E-state index >= 15 is 0 Å². The van der Waals surface area contributed by atoms with Crippen molar-refractivity contribution in [3.8, 4) is 16.3 Å². The Hall–Kier alpha value is -1.92. The number of likely N-dealkylation sites (tertiary alicyclic amines) is 1. The SMILES string of the molecule is COc1ccc(-c2nc(C(=O)N3CCC(C)(CN)C3)cs2)cc1. The van der Waals surface area contributed by atoms with E-state index in [9.17, 15) is 4.79 Å². The quantitative estimate of drug-likeness (QED) is 0.935. The van der Waals surface area contributed by atoms with Gasteiger partial charge in [-0.05, 0) is 42.6 Å². The molecule has 0 spiro atoms. The van der Waals surface area contributed by atoms with E-state index in [4.69, 9.17) is 10.5 Å². The van der Waals surface area contributed by atoms with Crippen LogP contribution in [0.3, 0.4) is 0 Å². The lowest BCUT2D eigenvalue weighted by Crippen LogP contribution is -2.34. The zero-order chi connectivity index (χ0) is 16.4. The fourth-order valence-electron chi connectivity index (χ4n) is 2.76. The van der Waals surface area contributed by atoms with Crippen molar-refractivity contribution in [2.45, 2.75) is 13.3 Å². The standard InChI is InChI=1S/C17H21N3O2S/c1-17(10-18)7-8-20(11-17)16(21)14-9-23-15(19-14)12-3-5-13(22-2)6-4-12/h3-6,9H,7-8,10-11,18H2,1-2H3. The number of aromatic nitrogens is 1. The van der Waals surface area contributed by atoms with Crippen LogP contribution >= 0.6 is 11.3 Å². The highest BCUT2D eigenvalue weighted by atomic mass is 32.1. The van der Waals surface area contributed by atoms with Crippen LogP contribution in [0.4, 0.5) is 0 Å². The van der Waals surface area contributed by atoms with Gasteiger partial charge in [0.2, 0.25) is 0 Å². The van der Waals surface area contributed by atoms with E-state index in [-0.39, 0.29) is 11.3 Å². The van der Waals surface area contributed by atoms with E-state index in [1.165, 1.54) is 11.3 Å². The Bertz CT molecular complexity index is 698. The average molecular weight is 331 g/mol. The van der Waals surface area contributed by atoms with Crippen molar-refractivity contribution in [3.63, 3.8) is 0 Å². The number of amides is 1. The van der Waals surface area contributed by atoms with Crippen molar-refractivity contribution in [1.29, 1.82) is 0 Å². The summed E-state index contributed by atoms with van der Waals surface area (Å²) < 4.78 is 5.16. The molecule has 6 heteroatoms. The molecule has 1 aliphatic heterocycles. The first-order valence-corrected chi connectivity index (χ1v) is 8.52. The predicted molar refractivity (Wildman–Crippen MR) is 91.8 cm³/mol. The fourth-order valence-corrected chi connectivity index (χ4v) is 3.56. The molecule has 0 bridgehead atoms. The van der Waals surface area contributed by atoms with Gasteiger partial charge < -0.3 is 15.4 Å². The lowest BCUT2D eigenvalue weighted by molar-refractivity contribution is 0.0772. The molecule has 0 aliphatic carbocycles. The Kier molecular flexibility index (Phi) is 4.37. The van der Waals surface area contributed by atoms with Gasteiger partial charge in [-0.15, -0.1) is 11.3 Å². The molecule has 0 radical (unpaired) electrons. The van der Waals surface area contributed by atoms with Gasteiger partial charge in [0.25, 0.3) is 5.91 Å². The number of methoxy groups -OCH3 is 1. The molecule has 23 heavy (non-hydrogen) atoms. The van der Waals surface area contributed by atoms with Crippen molar-refractivity contribution in [2.24, 2.45) is 11.1 Å². The molecule has 1 saturated heterocycles. The molecule has 1 fully saturated rings. The number of carbonyl (C=O) groups excluding carboxylic acids is 1. The van der Waals surface area contributed by atoms with Crippen LogP contribution in [0, 0.1) is 5.41 Å². The molecule has 2 heterocycles. The minimum atomic E-state index is -0.00168. The summed E-state index contributed by atoms with van der Waals surface area (Å²) in [6.07, 6.45) is 0.949. The summed E-state index contributed by atoms with van der Waals surface area (Å²) in [6.45, 7) is 4.19. The topological polar surface area (TPSA) is 68.5 Å². The fraction of sp³-hybridized carbons (Fsp3) is 0.412. The first-order chi connectivity index (χ1) is 11.0. The van der Waals surface area contributed by atoms with Crippen molar-refractivity contribution in [2.75, 3.05) is 26.7 Å². The van der Waals surface area contributed by atoms with E-state index in [1.807, 2.05) is 34.5 Å². The number of hydrogen-bond donors (Lipinski definition) is 1. The molecule has 2 N–H and O–H groups in total. The summed E-state index contributed by atoms with van der Waals surface area (Å²) in [6, 6.07) is 7.69. The van der Waals surface area contributed by atoms with E-state index < -0.39 is 0 Å². The summed E-state index contributed by atoms with van der Waals surface area (Å²) in [5.41, 5.74) is 7.35. The average Bonchev–Trinajstić information content (AvgIpc) is 3.22. The van der Waals surface area contributed by atoms with Gasteiger partial charge in [0, 0.05) is 24.0 Å². The normalized spacial score (nSPS) is 20.7. The molecule has 3 rings (SSSR count). The van der Waals surface area contributed by atoms with E-state index in [1.54, 1.807) is 7.11 Å². The van der Waals surface area contributed by atoms with Crippen LogP contribution < -0.4 is 10.5 Å². The third-order valence-electron chi connectivity index (χ3n) is 4.40. The first kappa shape index (κ1) is 16.0. The maximum atomic E-state index is 12.6. The van der Waals surface area contributed by atoms with Crippen LogP contribution in [0.25, 0.3) is 10.6 Å². The molecule has 1 aromatic carbocycles. The molecule has 5 nitrogen and oxygen atoms in total. The number of benzene rings is 1. The maximum absolute atomic E-state index is 12.6. The smallest absolute Gasteiger partial charge is 0.273 e. The number of nitrogens with two attached hydrogens (primary N) is 1. The minimum absolute atomic E-state index is 0.00168. The number of rotatable bonds is 4. The molecule has 1 atom stereocenters. The van der Waals surface area contributed by atoms with E-state index in [0.717, 1.165) is 29.3 Å². The minimum Gasteiger partial charge on any atom is -0.497 e. The van der Waals surface area contributed by atoms with Gasteiger partial charge >= 0.3 is 0 Å². The number of carbonyl (C=O) groups is 1. The highest BCUT2D eigenvalue weighted by molar-refractivity contribution is 7.13. The Morgan fingerprint density at radius 3 is 2.78 bits per heavy atom. The first-order valence-electron chi connectivity index (χ1n) is 7.64. The molecule has 1 aromatic heterocycles. The lowest BCUT2D eigenvalue weighted by atomic mass is 9.90. The third kappa shape index (κ3) is 3.23. The summed E-state index contributed by atoms with van der Waals surface area (Å²) in [5.74, 6) is 0.804. The molecular weight excluding hydrogens is 310 g/mol. The van der Waals surface area contributed by atoms with Gasteiger partial charge in [-0.25, -0.2) is 4.98 Å². The van der Waals surface area contributed by atoms with Crippen LogP contribution in [0.1, 0.15) is 23.8 Å². The van der Waals surface area contributed by atoms with Gasteiger partial charge in [0.05, 0.1) is 7.11 Å². The Morgan fingerprint density at radius 1 is 1.43 bits per heavy atom. The molecule has 1 amide bonds. The highest BCUT2D eigenvalue weighted by Crippen LogP contribution is 2.31. The second-order valence-corrected chi connectivity index (χ2v) is 7.12. The van der Waals surface area contributed by atoms with E-state index in [0.29, 0.717) is 18.8 Å². The van der Waals surface area contributed by atoms with Crippen molar-refractivity contribution < 1.29 is 9.53 Å². The molecule has 1 aliphatic rings. The van der Waals surface area contributed by atoms with Crippen LogP contribution in [0.2, 0.25) is 0 Å². The lowest BCUT2D eigenvalue weighted by Gasteiger charge is -2.22. The summed E-state index contributed by atoms with van der Waals surface area (Å²) in [5, 5.41) is 2.68. The number of thiazole rings is 1. The largest absolute Gasteiger partial charge is 0.497 e. The van der Waals surface area contributed by atoms with Gasteiger partial charge in [0.15, 0.2) is 0 Å². The summed E-state index contributed by atoms with van der Waals surface area (Å²) >= 11 is 1.48. The zero-order valence-electron chi connectivity index (χ0n) is 13.4. The Labute approximate surface area is 140 Å². The molecule has 0 saturated carbocycles. The van der Waals surface area contributed by atoms with Gasteiger partial charge in [-0.3, -0.25) is 4.79 Å². The number of hydrogen-bond acceptors (Lipinski definition) is 5.